The highest BCUT2D eigenvalue weighted by atomic mass is 19.1. The maximum absolute atomic E-state index is 14.2. The molecule has 8 atom stereocenters. The molecule has 2 heterocycles. The maximum Gasteiger partial charge on any atom is 0.246 e. The van der Waals surface area contributed by atoms with Crippen molar-refractivity contribution in [2.75, 3.05) is 20.1 Å². The summed E-state index contributed by atoms with van der Waals surface area (Å²) >= 11 is 0. The highest BCUT2D eigenvalue weighted by Gasteiger charge is 2.70. The zero-order chi connectivity index (χ0) is 30.6. The molecule has 0 unspecified atom stereocenters. The van der Waals surface area contributed by atoms with E-state index in [-0.39, 0.29) is 64.5 Å². The van der Waals surface area contributed by atoms with E-state index in [4.69, 9.17) is 0 Å². The second-order valence-electron chi connectivity index (χ2n) is 14.2. The predicted molar refractivity (Wildman–Crippen MR) is 157 cm³/mol. The Balaban J connectivity index is 1.30. The Morgan fingerprint density at radius 2 is 1.86 bits per heavy atom. The number of nitrogens with zero attached hydrogens (tertiary/aromatic N) is 2. The molecule has 2 aliphatic carbocycles. The van der Waals surface area contributed by atoms with Gasteiger partial charge in [0.2, 0.25) is 23.6 Å². The van der Waals surface area contributed by atoms with Crippen molar-refractivity contribution in [2.45, 2.75) is 77.9 Å². The molecule has 4 amide bonds. The summed E-state index contributed by atoms with van der Waals surface area (Å²) in [6, 6.07) is 4.30. The third-order valence-electron chi connectivity index (χ3n) is 9.94. The van der Waals surface area contributed by atoms with Gasteiger partial charge in [-0.15, -0.1) is 0 Å². The summed E-state index contributed by atoms with van der Waals surface area (Å²) < 4.78 is 13.4. The smallest absolute Gasteiger partial charge is 0.246 e. The first kappa shape index (κ1) is 30.2. The molecular weight excluding hydrogens is 537 g/mol. The van der Waals surface area contributed by atoms with Gasteiger partial charge in [0.1, 0.15) is 17.9 Å². The third kappa shape index (κ3) is 5.81. The minimum Gasteiger partial charge on any atom is -0.356 e. The van der Waals surface area contributed by atoms with E-state index in [1.807, 2.05) is 20.8 Å². The summed E-state index contributed by atoms with van der Waals surface area (Å²) in [5.41, 5.74) is 0.243. The Labute approximate surface area is 247 Å². The van der Waals surface area contributed by atoms with Gasteiger partial charge >= 0.3 is 0 Å². The molecule has 0 aromatic heterocycles. The number of benzene rings is 1. The van der Waals surface area contributed by atoms with Crippen LogP contribution in [0.5, 0.6) is 0 Å². The fourth-order valence-corrected chi connectivity index (χ4v) is 7.22. The van der Waals surface area contributed by atoms with Crippen molar-refractivity contribution in [3.05, 3.63) is 35.6 Å². The quantitative estimate of drug-likeness (QED) is 0.389. The minimum absolute atomic E-state index is 0.000751. The molecule has 42 heavy (non-hydrogen) atoms. The zero-order valence-corrected chi connectivity index (χ0v) is 25.4. The van der Waals surface area contributed by atoms with Crippen LogP contribution < -0.4 is 16.0 Å². The van der Waals surface area contributed by atoms with E-state index in [1.54, 1.807) is 30.3 Å². The SMILES string of the molecule is C/N=C/[C@H](C[C@@H]1CCNC1=O)NC(=O)[C@@H]1[C@@H]2[C@H](CN1C(=O)[C@@H](NC(=O)[C@@H]1C[C@H]1c1ccc(F)cc1)C(C)(C)C)C2(C)C. The monoisotopic (exact) mass is 581 g/mol. The average Bonchev–Trinajstić information content (AvgIpc) is 3.66. The number of aliphatic imine (C=N–C) groups is 1. The van der Waals surface area contributed by atoms with Crippen molar-refractivity contribution < 1.29 is 23.6 Å². The van der Waals surface area contributed by atoms with Crippen LogP contribution >= 0.6 is 0 Å². The molecule has 4 aliphatic rings. The number of amides is 4. The molecule has 9 nitrogen and oxygen atoms in total. The van der Waals surface area contributed by atoms with Crippen LogP contribution in [-0.4, -0.2) is 73.0 Å². The third-order valence-corrected chi connectivity index (χ3v) is 9.94. The van der Waals surface area contributed by atoms with Crippen LogP contribution in [0, 0.1) is 40.3 Å². The maximum atomic E-state index is 14.2. The normalized spacial score (nSPS) is 30.8. The topological polar surface area (TPSA) is 120 Å². The second kappa shape index (κ2) is 11.1. The molecule has 2 saturated heterocycles. The largest absolute Gasteiger partial charge is 0.356 e. The molecule has 1 aromatic carbocycles. The number of hydrogen-bond acceptors (Lipinski definition) is 5. The zero-order valence-electron chi connectivity index (χ0n) is 25.4. The minimum atomic E-state index is -0.814. The van der Waals surface area contributed by atoms with Crippen molar-refractivity contribution >= 4 is 29.8 Å². The first-order chi connectivity index (χ1) is 19.7. The van der Waals surface area contributed by atoms with Crippen LogP contribution in [0.25, 0.3) is 0 Å². The van der Waals surface area contributed by atoms with E-state index < -0.39 is 23.5 Å². The summed E-state index contributed by atoms with van der Waals surface area (Å²) in [6.45, 7) is 11.1. The second-order valence-corrected chi connectivity index (χ2v) is 14.2. The lowest BCUT2D eigenvalue weighted by Crippen LogP contribution is -2.60. The van der Waals surface area contributed by atoms with E-state index >= 15 is 0 Å². The van der Waals surface area contributed by atoms with Gasteiger partial charge in [-0.25, -0.2) is 4.39 Å². The number of nitrogens with one attached hydrogen (secondary N) is 3. The summed E-state index contributed by atoms with van der Waals surface area (Å²) in [4.78, 5) is 59.4. The van der Waals surface area contributed by atoms with Crippen molar-refractivity contribution in [3.8, 4) is 0 Å². The van der Waals surface area contributed by atoms with E-state index in [9.17, 15) is 23.6 Å². The fraction of sp³-hybridized carbons (Fsp3) is 0.656. The Kier molecular flexibility index (Phi) is 7.96. The van der Waals surface area contributed by atoms with Gasteiger partial charge in [0.15, 0.2) is 0 Å². The van der Waals surface area contributed by atoms with Gasteiger partial charge in [0.05, 0.1) is 6.04 Å². The molecule has 0 spiro atoms. The average molecular weight is 582 g/mol. The number of piperidine rings is 1. The van der Waals surface area contributed by atoms with Gasteiger partial charge in [-0.1, -0.05) is 46.8 Å². The predicted octanol–water partition coefficient (Wildman–Crippen LogP) is 2.65. The van der Waals surface area contributed by atoms with Gasteiger partial charge in [0, 0.05) is 38.2 Å². The van der Waals surface area contributed by atoms with E-state index in [1.165, 1.54) is 12.1 Å². The summed E-state index contributed by atoms with van der Waals surface area (Å²) in [5, 5.41) is 8.96. The van der Waals surface area contributed by atoms with Crippen LogP contribution in [-0.2, 0) is 19.2 Å². The lowest BCUT2D eigenvalue weighted by molar-refractivity contribution is -0.145. The van der Waals surface area contributed by atoms with Crippen molar-refractivity contribution in [3.63, 3.8) is 0 Å². The standard InChI is InChI=1S/C32H44FN5O4/c1-31(2,3)26(37-28(40)22-14-21(22)17-7-9-19(33)10-8-17)30(42)38-16-23-24(32(23,4)5)25(38)29(41)36-20(15-34-6)13-18-11-12-35-27(18)39/h7-10,15,18,20-26H,11-14,16H2,1-6H3,(H,35,39)(H,36,41)(H,37,40)/b34-15+/t18-,20-,21-,22+,23-,24-,25-,26+/m0/s1. The van der Waals surface area contributed by atoms with Crippen molar-refractivity contribution in [2.24, 2.45) is 39.5 Å². The highest BCUT2D eigenvalue weighted by molar-refractivity contribution is 5.95. The molecule has 2 aliphatic heterocycles. The highest BCUT2D eigenvalue weighted by Crippen LogP contribution is 2.65. The fourth-order valence-electron chi connectivity index (χ4n) is 7.22. The van der Waals surface area contributed by atoms with E-state index in [2.05, 4.69) is 34.8 Å². The van der Waals surface area contributed by atoms with Gasteiger partial charge in [-0.3, -0.25) is 24.2 Å². The van der Waals surface area contributed by atoms with E-state index in [0.717, 1.165) is 5.56 Å². The molecule has 2 saturated carbocycles. The number of rotatable bonds is 9. The summed E-state index contributed by atoms with van der Waals surface area (Å²) in [5.74, 6) is -1.30. The summed E-state index contributed by atoms with van der Waals surface area (Å²) in [7, 11) is 1.64. The molecule has 0 bridgehead atoms. The number of fused-ring (bicyclic) bond motifs is 1. The molecule has 3 N–H and O–H groups in total. The lowest BCUT2D eigenvalue weighted by Gasteiger charge is -2.38. The number of halogens is 1. The molecule has 5 rings (SSSR count). The first-order valence-corrected chi connectivity index (χ1v) is 15.1. The van der Waals surface area contributed by atoms with Gasteiger partial charge in [-0.2, -0.15) is 0 Å². The Morgan fingerprint density at radius 3 is 2.45 bits per heavy atom. The number of carbonyl (C=O) groups is 4. The molecule has 0 radical (unpaired) electrons. The van der Waals surface area contributed by atoms with Gasteiger partial charge in [-0.05, 0) is 65.5 Å². The Hall–Kier alpha value is -3.30. The Bertz CT molecular complexity index is 1270. The number of carbonyl (C=O) groups excluding carboxylic acids is 4. The Morgan fingerprint density at radius 1 is 1.17 bits per heavy atom. The van der Waals surface area contributed by atoms with Gasteiger partial charge in [0.25, 0.3) is 0 Å². The van der Waals surface area contributed by atoms with E-state index in [0.29, 0.717) is 32.4 Å². The molecular formula is C32H44FN5O4. The number of likely N-dealkylation sites (tertiary alicyclic amines) is 1. The lowest BCUT2D eigenvalue weighted by atomic mass is 9.85. The molecule has 1 aromatic rings. The van der Waals surface area contributed by atoms with Crippen LogP contribution in [0.2, 0.25) is 0 Å². The molecule has 4 fully saturated rings. The van der Waals surface area contributed by atoms with Crippen molar-refractivity contribution in [1.29, 1.82) is 0 Å². The molecule has 10 heteroatoms. The number of hydrogen-bond donors (Lipinski definition) is 3. The van der Waals surface area contributed by atoms with Crippen LogP contribution in [0.15, 0.2) is 29.3 Å². The van der Waals surface area contributed by atoms with Crippen LogP contribution in [0.3, 0.4) is 0 Å². The van der Waals surface area contributed by atoms with Crippen LogP contribution in [0.1, 0.15) is 65.4 Å². The van der Waals surface area contributed by atoms with Crippen molar-refractivity contribution in [1.82, 2.24) is 20.9 Å². The van der Waals surface area contributed by atoms with Gasteiger partial charge < -0.3 is 20.9 Å². The first-order valence-electron chi connectivity index (χ1n) is 15.1. The summed E-state index contributed by atoms with van der Waals surface area (Å²) in [6.07, 6.45) is 3.47. The van der Waals surface area contributed by atoms with Crippen LogP contribution in [0.4, 0.5) is 4.39 Å². The molecule has 228 valence electrons.